The van der Waals surface area contributed by atoms with Crippen LogP contribution in [-0.2, 0) is 6.42 Å². The van der Waals surface area contributed by atoms with E-state index in [1.165, 1.54) is 4.90 Å². The molecule has 1 unspecified atom stereocenters. The van der Waals surface area contributed by atoms with E-state index in [1.54, 1.807) is 18.6 Å². The summed E-state index contributed by atoms with van der Waals surface area (Å²) in [6, 6.07) is 2.91. The molecule has 1 aromatic carbocycles. The van der Waals surface area contributed by atoms with Crippen molar-refractivity contribution >= 4 is 16.7 Å². The number of fused-ring (bicyclic) bond motifs is 3. The standard InChI is InChI=1S/C23H27F4N7/c1-14-7-17-16(3-4-19-18(17)8-30-32-19)22(34(14)13-23(25,26)27)20-9-29-21(10-28-20)31-15-11-33(12-15)6-2-5-24/h3-4,8-10,14-15,22H,2,5-7,11-13H2,1H3,(H,29,31)(H,30,32)/t14-,22?/m1/s1. The number of hydrogen-bond acceptors (Lipinski definition) is 6. The molecule has 182 valence electrons. The summed E-state index contributed by atoms with van der Waals surface area (Å²) >= 11 is 0. The summed E-state index contributed by atoms with van der Waals surface area (Å²) in [5, 5.41) is 11.3. The van der Waals surface area contributed by atoms with Crippen LogP contribution in [0.15, 0.2) is 30.7 Å². The first-order valence-electron chi connectivity index (χ1n) is 11.5. The van der Waals surface area contributed by atoms with E-state index in [0.717, 1.165) is 41.7 Å². The SMILES string of the molecule is C[C@@H]1Cc2c(ccc3[nH]ncc23)C(c2cnc(NC3CN(CCCF)C3)cn2)N1CC(F)(F)F. The summed E-state index contributed by atoms with van der Waals surface area (Å²) in [7, 11) is 0. The molecule has 7 nitrogen and oxygen atoms in total. The highest BCUT2D eigenvalue weighted by Gasteiger charge is 2.41. The molecule has 5 rings (SSSR count). The van der Waals surface area contributed by atoms with Crippen LogP contribution in [-0.4, -0.2) is 81.1 Å². The molecule has 0 saturated carbocycles. The second-order valence-electron chi connectivity index (χ2n) is 9.18. The zero-order valence-electron chi connectivity index (χ0n) is 18.8. The normalized spacial score (nSPS) is 22.0. The Bertz CT molecular complexity index is 1120. The van der Waals surface area contributed by atoms with E-state index in [1.807, 2.05) is 19.1 Å². The number of halogens is 4. The van der Waals surface area contributed by atoms with Crippen molar-refractivity contribution in [2.75, 3.05) is 38.2 Å². The number of anilines is 1. The number of nitrogens with one attached hydrogen (secondary N) is 2. The lowest BCUT2D eigenvalue weighted by Gasteiger charge is -2.42. The van der Waals surface area contributed by atoms with Gasteiger partial charge in [0.25, 0.3) is 0 Å². The van der Waals surface area contributed by atoms with Crippen LogP contribution in [0, 0.1) is 0 Å². The summed E-state index contributed by atoms with van der Waals surface area (Å²) in [4.78, 5) is 12.6. The van der Waals surface area contributed by atoms with Gasteiger partial charge in [0.1, 0.15) is 5.82 Å². The number of benzene rings is 1. The van der Waals surface area contributed by atoms with Crippen LogP contribution in [0.4, 0.5) is 23.4 Å². The van der Waals surface area contributed by atoms with E-state index in [9.17, 15) is 17.6 Å². The Kier molecular flexibility index (Phi) is 6.15. The molecule has 1 fully saturated rings. The van der Waals surface area contributed by atoms with Gasteiger partial charge in [-0.05, 0) is 37.0 Å². The molecule has 4 heterocycles. The van der Waals surface area contributed by atoms with Crippen LogP contribution in [0.3, 0.4) is 0 Å². The number of hydrogen-bond donors (Lipinski definition) is 2. The highest BCUT2D eigenvalue weighted by Crippen LogP contribution is 2.41. The van der Waals surface area contributed by atoms with Crippen molar-refractivity contribution in [3.05, 3.63) is 47.5 Å². The van der Waals surface area contributed by atoms with Crippen LogP contribution >= 0.6 is 0 Å². The fourth-order valence-electron chi connectivity index (χ4n) is 5.10. The molecular weight excluding hydrogens is 450 g/mol. The molecule has 2 atom stereocenters. The van der Waals surface area contributed by atoms with E-state index < -0.39 is 18.8 Å². The molecule has 0 spiro atoms. The molecule has 0 amide bonds. The van der Waals surface area contributed by atoms with Crippen LogP contribution in [0.1, 0.15) is 36.2 Å². The Balaban J connectivity index is 1.40. The van der Waals surface area contributed by atoms with E-state index >= 15 is 0 Å². The van der Waals surface area contributed by atoms with Gasteiger partial charge < -0.3 is 5.32 Å². The predicted molar refractivity (Wildman–Crippen MR) is 120 cm³/mol. The first-order chi connectivity index (χ1) is 16.3. The predicted octanol–water partition coefficient (Wildman–Crippen LogP) is 3.71. The van der Waals surface area contributed by atoms with Gasteiger partial charge in [-0.1, -0.05) is 6.07 Å². The van der Waals surface area contributed by atoms with Gasteiger partial charge in [0.15, 0.2) is 0 Å². The topological polar surface area (TPSA) is 73.0 Å². The molecule has 34 heavy (non-hydrogen) atoms. The van der Waals surface area contributed by atoms with E-state index in [2.05, 4.69) is 30.4 Å². The number of nitrogens with zero attached hydrogens (tertiary/aromatic N) is 5. The average Bonchev–Trinajstić information content (AvgIpc) is 3.25. The van der Waals surface area contributed by atoms with Crippen LogP contribution < -0.4 is 5.32 Å². The molecule has 1 saturated heterocycles. The minimum absolute atomic E-state index is 0.200. The lowest BCUT2D eigenvalue weighted by Crippen LogP contribution is -2.54. The lowest BCUT2D eigenvalue weighted by molar-refractivity contribution is -0.155. The van der Waals surface area contributed by atoms with E-state index in [0.29, 0.717) is 24.4 Å². The van der Waals surface area contributed by atoms with Crippen molar-refractivity contribution in [2.24, 2.45) is 0 Å². The maximum Gasteiger partial charge on any atom is 0.401 e. The number of aromatic amines is 1. The van der Waals surface area contributed by atoms with E-state index in [-0.39, 0.29) is 18.8 Å². The summed E-state index contributed by atoms with van der Waals surface area (Å²) < 4.78 is 52.9. The molecule has 2 N–H and O–H groups in total. The van der Waals surface area contributed by atoms with Gasteiger partial charge in [0.05, 0.1) is 55.1 Å². The van der Waals surface area contributed by atoms with Gasteiger partial charge in [-0.15, -0.1) is 0 Å². The van der Waals surface area contributed by atoms with Crippen molar-refractivity contribution in [1.29, 1.82) is 0 Å². The summed E-state index contributed by atoms with van der Waals surface area (Å²) in [5.74, 6) is 0.579. The zero-order valence-corrected chi connectivity index (χ0v) is 18.8. The fourth-order valence-corrected chi connectivity index (χ4v) is 5.10. The Labute approximate surface area is 194 Å². The number of H-pyrrole nitrogens is 1. The average molecular weight is 478 g/mol. The van der Waals surface area contributed by atoms with Crippen LogP contribution in [0.2, 0.25) is 0 Å². The second kappa shape index (κ2) is 9.10. The first-order valence-corrected chi connectivity index (χ1v) is 11.5. The zero-order chi connectivity index (χ0) is 23.9. The van der Waals surface area contributed by atoms with Crippen molar-refractivity contribution in [1.82, 2.24) is 30.0 Å². The molecule has 0 bridgehead atoms. The van der Waals surface area contributed by atoms with Gasteiger partial charge in [-0.3, -0.25) is 24.3 Å². The molecule has 3 aromatic rings. The Hall–Kier alpha value is -2.79. The minimum atomic E-state index is -4.34. The van der Waals surface area contributed by atoms with Gasteiger partial charge in [-0.2, -0.15) is 18.3 Å². The Morgan fingerprint density at radius 2 is 1.97 bits per heavy atom. The number of rotatable bonds is 7. The number of likely N-dealkylation sites (tertiary alicyclic amines) is 1. The molecule has 11 heteroatoms. The van der Waals surface area contributed by atoms with Gasteiger partial charge in [-0.25, -0.2) is 4.98 Å². The molecular formula is C23H27F4N7. The second-order valence-corrected chi connectivity index (χ2v) is 9.18. The summed E-state index contributed by atoms with van der Waals surface area (Å²) in [6.45, 7) is 2.81. The summed E-state index contributed by atoms with van der Waals surface area (Å²) in [6.07, 6.45) is 1.56. The first kappa shape index (κ1) is 23.0. The van der Waals surface area contributed by atoms with Gasteiger partial charge in [0, 0.05) is 31.1 Å². The molecule has 2 aliphatic rings. The highest BCUT2D eigenvalue weighted by atomic mass is 19.4. The van der Waals surface area contributed by atoms with Crippen molar-refractivity contribution in [3.8, 4) is 0 Å². The Morgan fingerprint density at radius 3 is 2.68 bits per heavy atom. The molecule has 0 aliphatic carbocycles. The molecule has 2 aliphatic heterocycles. The van der Waals surface area contributed by atoms with Crippen LogP contribution in [0.25, 0.3) is 10.9 Å². The van der Waals surface area contributed by atoms with Gasteiger partial charge in [0.2, 0.25) is 0 Å². The van der Waals surface area contributed by atoms with Crippen molar-refractivity contribution in [3.63, 3.8) is 0 Å². The van der Waals surface area contributed by atoms with Crippen LogP contribution in [0.5, 0.6) is 0 Å². The fraction of sp³-hybridized carbons (Fsp3) is 0.522. The number of alkyl halides is 4. The van der Waals surface area contributed by atoms with E-state index in [4.69, 9.17) is 0 Å². The Morgan fingerprint density at radius 1 is 1.15 bits per heavy atom. The summed E-state index contributed by atoms with van der Waals surface area (Å²) in [5.41, 5.74) is 3.13. The molecule has 2 aromatic heterocycles. The highest BCUT2D eigenvalue weighted by molar-refractivity contribution is 5.83. The largest absolute Gasteiger partial charge is 0.401 e. The third kappa shape index (κ3) is 4.58. The monoisotopic (exact) mass is 477 g/mol. The smallest absolute Gasteiger partial charge is 0.363 e. The number of aromatic nitrogens is 4. The lowest BCUT2D eigenvalue weighted by atomic mass is 9.85. The minimum Gasteiger partial charge on any atom is -0.363 e. The third-order valence-corrected chi connectivity index (χ3v) is 6.69. The third-order valence-electron chi connectivity index (χ3n) is 6.69. The maximum absolute atomic E-state index is 13.5. The van der Waals surface area contributed by atoms with Gasteiger partial charge >= 0.3 is 6.18 Å². The quantitative estimate of drug-likeness (QED) is 0.506. The van der Waals surface area contributed by atoms with Crippen molar-refractivity contribution in [2.45, 2.75) is 44.1 Å². The maximum atomic E-state index is 13.5. The molecule has 0 radical (unpaired) electrons. The van der Waals surface area contributed by atoms with Crippen molar-refractivity contribution < 1.29 is 17.6 Å².